The molecule has 4 aliphatic rings. The molecular weight excluding hydrogens is 528 g/mol. The summed E-state index contributed by atoms with van der Waals surface area (Å²) in [6.07, 6.45) is 19.1. The normalized spacial score (nSPS) is 23.5. The van der Waals surface area contributed by atoms with Crippen LogP contribution in [0.15, 0.2) is 93.9 Å². The molecule has 0 fully saturated rings. The Balaban J connectivity index is 1.47. The van der Waals surface area contributed by atoms with Crippen molar-refractivity contribution in [2.45, 2.75) is 65.2 Å². The lowest BCUT2D eigenvalue weighted by molar-refractivity contribution is -0.441. The third kappa shape index (κ3) is 5.59. The summed E-state index contributed by atoms with van der Waals surface area (Å²) >= 11 is 7.15. The highest BCUT2D eigenvalue weighted by Gasteiger charge is 2.44. The first-order chi connectivity index (χ1) is 19.7. The van der Waals surface area contributed by atoms with Crippen molar-refractivity contribution in [2.75, 3.05) is 40.5 Å². The second-order valence-corrected chi connectivity index (χ2v) is 12.9. The van der Waals surface area contributed by atoms with Gasteiger partial charge in [-0.3, -0.25) is 0 Å². The van der Waals surface area contributed by atoms with Crippen LogP contribution in [0.5, 0.6) is 0 Å². The van der Waals surface area contributed by atoms with E-state index in [2.05, 4.69) is 97.9 Å². The second-order valence-electron chi connectivity index (χ2n) is 12.5. The van der Waals surface area contributed by atoms with Crippen LogP contribution in [0.2, 0.25) is 0 Å². The van der Waals surface area contributed by atoms with E-state index < -0.39 is 0 Å². The highest BCUT2D eigenvalue weighted by atomic mass is 35.5. The fourth-order valence-corrected chi connectivity index (χ4v) is 7.33. The van der Waals surface area contributed by atoms with E-state index in [1.807, 2.05) is 0 Å². The highest BCUT2D eigenvalue weighted by molar-refractivity contribution is 6.32. The molecule has 0 aromatic heterocycles. The summed E-state index contributed by atoms with van der Waals surface area (Å²) in [5.41, 5.74) is 10.5. The van der Waals surface area contributed by atoms with Gasteiger partial charge in [-0.05, 0) is 74.8 Å². The minimum atomic E-state index is -0.0914. The third-order valence-electron chi connectivity index (χ3n) is 9.30. The van der Waals surface area contributed by atoms with Crippen molar-refractivity contribution in [3.8, 4) is 0 Å². The molecule has 0 amide bonds. The van der Waals surface area contributed by atoms with Crippen LogP contribution in [-0.2, 0) is 14.9 Å². The Morgan fingerprint density at radius 1 is 0.951 bits per heavy atom. The van der Waals surface area contributed by atoms with Crippen molar-refractivity contribution in [3.63, 3.8) is 0 Å². The van der Waals surface area contributed by atoms with Gasteiger partial charge < -0.3 is 14.4 Å². The zero-order valence-corrected chi connectivity index (χ0v) is 26.5. The molecule has 0 atom stereocenters. The molecule has 0 spiro atoms. The summed E-state index contributed by atoms with van der Waals surface area (Å²) in [7, 11) is 3.55. The number of allylic oxidation sites excluding steroid dienone is 10. The number of para-hydroxylation sites is 1. The van der Waals surface area contributed by atoms with E-state index in [-0.39, 0.29) is 10.8 Å². The third-order valence-corrected chi connectivity index (χ3v) is 9.79. The molecule has 0 saturated carbocycles. The monoisotopic (exact) mass is 573 g/mol. The summed E-state index contributed by atoms with van der Waals surface area (Å²) in [5, 5.41) is 0.901. The summed E-state index contributed by atoms with van der Waals surface area (Å²) in [5.74, 6) is 0. The number of hydrogen-bond acceptors (Lipinski definition) is 3. The zero-order valence-electron chi connectivity index (χ0n) is 25.7. The average molecular weight is 574 g/mol. The quantitative estimate of drug-likeness (QED) is 0.277. The molecule has 1 aromatic carbocycles. The first-order valence-electron chi connectivity index (χ1n) is 15.1. The Morgan fingerprint density at radius 3 is 2.51 bits per heavy atom. The van der Waals surface area contributed by atoms with E-state index in [0.29, 0.717) is 13.2 Å². The van der Waals surface area contributed by atoms with E-state index in [1.165, 1.54) is 45.1 Å². The smallest absolute Gasteiger partial charge is 0.209 e. The van der Waals surface area contributed by atoms with Gasteiger partial charge in [0, 0.05) is 60.3 Å². The molecule has 5 heteroatoms. The van der Waals surface area contributed by atoms with E-state index in [1.54, 1.807) is 14.2 Å². The molecule has 0 radical (unpaired) electrons. The fourth-order valence-electron chi connectivity index (χ4n) is 7.01. The van der Waals surface area contributed by atoms with Crippen LogP contribution in [-0.4, -0.2) is 55.7 Å². The Bertz CT molecular complexity index is 1400. The van der Waals surface area contributed by atoms with Gasteiger partial charge in [-0.15, -0.1) is 0 Å². The van der Waals surface area contributed by atoms with Crippen molar-refractivity contribution < 1.29 is 14.0 Å². The first kappa shape index (κ1) is 29.8. The second kappa shape index (κ2) is 12.3. The minimum absolute atomic E-state index is 0.0101. The lowest BCUT2D eigenvalue weighted by atomic mass is 9.79. The standard InChI is InChI=1S/C36H46ClN2O2/c1-35(2)28-14-7-9-16-30(28)38(22-24-40-5)32(35)20-18-26-12-11-13-27(34(26)37)19-21-33-36(3,4)29-15-8-10-17-31(29)39(33)23-25-41-6/h7,9-10,14,16-21H,8,11-13,15,22-25H2,1-6H3/q+1. The number of fused-ring (bicyclic) bond motifs is 1. The van der Waals surface area contributed by atoms with Crippen LogP contribution in [0.3, 0.4) is 0 Å². The predicted octanol–water partition coefficient (Wildman–Crippen LogP) is 8.34. The summed E-state index contributed by atoms with van der Waals surface area (Å²) < 4.78 is 13.4. The van der Waals surface area contributed by atoms with Gasteiger partial charge in [0.25, 0.3) is 0 Å². The molecule has 2 aliphatic carbocycles. The molecule has 1 aromatic rings. The van der Waals surface area contributed by atoms with Crippen LogP contribution < -0.4 is 0 Å². The highest BCUT2D eigenvalue weighted by Crippen LogP contribution is 2.50. The number of ether oxygens (including phenoxy) is 2. The number of nitrogens with zero attached hydrogens (tertiary/aromatic N) is 2. The number of hydrogen-bond donors (Lipinski definition) is 0. The summed E-state index contributed by atoms with van der Waals surface area (Å²) in [4.78, 5) is 2.46. The van der Waals surface area contributed by atoms with E-state index in [0.717, 1.165) is 50.2 Å². The van der Waals surface area contributed by atoms with Gasteiger partial charge >= 0.3 is 0 Å². The van der Waals surface area contributed by atoms with E-state index in [4.69, 9.17) is 21.1 Å². The van der Waals surface area contributed by atoms with Gasteiger partial charge in [0.05, 0.1) is 12.0 Å². The lowest BCUT2D eigenvalue weighted by Gasteiger charge is -2.29. The molecule has 5 rings (SSSR count). The lowest BCUT2D eigenvalue weighted by Crippen LogP contribution is -2.28. The molecule has 0 bridgehead atoms. The van der Waals surface area contributed by atoms with Crippen molar-refractivity contribution in [1.29, 1.82) is 0 Å². The van der Waals surface area contributed by atoms with Gasteiger partial charge in [0.1, 0.15) is 6.61 Å². The van der Waals surface area contributed by atoms with Crippen LogP contribution in [0, 0.1) is 5.41 Å². The number of halogens is 1. The molecular formula is C36H46ClN2O2+. The molecule has 41 heavy (non-hydrogen) atoms. The van der Waals surface area contributed by atoms with Gasteiger partial charge in [-0.1, -0.05) is 61.9 Å². The molecule has 0 N–H and O–H groups in total. The van der Waals surface area contributed by atoms with Gasteiger partial charge in [-0.2, -0.15) is 4.58 Å². The minimum Gasteiger partial charge on any atom is -0.383 e. The van der Waals surface area contributed by atoms with Crippen molar-refractivity contribution in [1.82, 2.24) is 4.90 Å². The first-order valence-corrected chi connectivity index (χ1v) is 15.5. The SMILES string of the molecule is COCCN1C(=CC=C2CCCC(C=CC3=[N+](CCOC)c4ccccc4C3(C)C)=C2Cl)C(C)(C)C2=C1C=CCC2. The number of rotatable bonds is 9. The molecule has 218 valence electrons. The maximum absolute atomic E-state index is 7.15. The maximum Gasteiger partial charge on any atom is 0.209 e. The van der Waals surface area contributed by atoms with Crippen LogP contribution in [0.25, 0.3) is 0 Å². The van der Waals surface area contributed by atoms with Crippen molar-refractivity contribution >= 4 is 23.0 Å². The average Bonchev–Trinajstić information content (AvgIpc) is 3.32. The Hall–Kier alpha value is -2.66. The van der Waals surface area contributed by atoms with E-state index >= 15 is 0 Å². The molecule has 2 heterocycles. The van der Waals surface area contributed by atoms with Crippen molar-refractivity contribution in [2.24, 2.45) is 5.41 Å². The Morgan fingerprint density at radius 2 is 1.73 bits per heavy atom. The van der Waals surface area contributed by atoms with Gasteiger partial charge in [0.15, 0.2) is 12.3 Å². The van der Waals surface area contributed by atoms with Gasteiger partial charge in [0.2, 0.25) is 5.69 Å². The fraction of sp³-hybridized carbons (Fsp3) is 0.472. The van der Waals surface area contributed by atoms with Gasteiger partial charge in [-0.25, -0.2) is 0 Å². The molecule has 4 nitrogen and oxygen atoms in total. The molecule has 0 unspecified atom stereocenters. The van der Waals surface area contributed by atoms with Crippen molar-refractivity contribution in [3.05, 3.63) is 99.4 Å². The predicted molar refractivity (Wildman–Crippen MR) is 171 cm³/mol. The summed E-state index contributed by atoms with van der Waals surface area (Å²) in [6, 6.07) is 8.73. The summed E-state index contributed by atoms with van der Waals surface area (Å²) in [6.45, 7) is 12.4. The van der Waals surface area contributed by atoms with Crippen LogP contribution in [0.4, 0.5) is 5.69 Å². The molecule has 0 saturated heterocycles. The van der Waals surface area contributed by atoms with Crippen LogP contribution >= 0.6 is 11.6 Å². The Kier molecular flexibility index (Phi) is 8.94. The zero-order chi connectivity index (χ0) is 29.2. The topological polar surface area (TPSA) is 24.7 Å². The maximum atomic E-state index is 7.15. The van der Waals surface area contributed by atoms with Crippen LogP contribution in [0.1, 0.15) is 65.4 Å². The largest absolute Gasteiger partial charge is 0.383 e. The van der Waals surface area contributed by atoms with E-state index in [9.17, 15) is 0 Å². The number of benzene rings is 1. The Labute approximate surface area is 252 Å². The molecule has 2 aliphatic heterocycles. The number of methoxy groups -OCH3 is 2.